The summed E-state index contributed by atoms with van der Waals surface area (Å²) in [5, 5.41) is 13.2. The Balaban J connectivity index is 0.000000288. The van der Waals surface area contributed by atoms with Gasteiger partial charge in [-0.15, -0.1) is 5.75 Å². The van der Waals surface area contributed by atoms with Gasteiger partial charge in [0.2, 0.25) is 0 Å². The van der Waals surface area contributed by atoms with Gasteiger partial charge in [-0.25, -0.2) is 0 Å². The van der Waals surface area contributed by atoms with Gasteiger partial charge in [0.15, 0.2) is 0 Å². The Hall–Kier alpha value is -0.448. The molecule has 0 aromatic heterocycles. The van der Waals surface area contributed by atoms with Crippen LogP contribution in [0.3, 0.4) is 0 Å². The van der Waals surface area contributed by atoms with Gasteiger partial charge in [-0.2, -0.15) is 0 Å². The Kier molecular flexibility index (Phi) is 9.48. The second kappa shape index (κ2) is 9.76. The minimum Gasteiger partial charge on any atom is -0.872 e. The number of rotatable bonds is 4. The first-order chi connectivity index (χ1) is 7.52. The maximum Gasteiger partial charge on any atom is -0.0623 e. The zero-order valence-electron chi connectivity index (χ0n) is 10.9. The van der Waals surface area contributed by atoms with Gasteiger partial charge in [0.05, 0.1) is 0 Å². The zero-order chi connectivity index (χ0) is 12.4. The molecule has 0 atom stereocenters. The number of para-hydroxylation sites is 1. The fourth-order valence-corrected chi connectivity index (χ4v) is 2.71. The van der Waals surface area contributed by atoms with Gasteiger partial charge in [-0.3, -0.25) is 0 Å². The summed E-state index contributed by atoms with van der Waals surface area (Å²) < 4.78 is 0. The summed E-state index contributed by atoms with van der Waals surface area (Å²) in [7, 11) is 0. The SMILES string of the molecule is CC(C)[CH2][Al+][CH2]C(C)C.[O-]c1ccccc1. The number of benzene rings is 1. The van der Waals surface area contributed by atoms with E-state index in [9.17, 15) is 5.11 Å². The molecule has 0 amide bonds. The Bertz CT molecular complexity index is 236. The van der Waals surface area contributed by atoms with E-state index < -0.39 is 0 Å². The summed E-state index contributed by atoms with van der Waals surface area (Å²) in [6, 6.07) is 8.33. The number of hydrogen-bond donors (Lipinski definition) is 0. The van der Waals surface area contributed by atoms with E-state index in [4.69, 9.17) is 0 Å². The van der Waals surface area contributed by atoms with E-state index >= 15 is 0 Å². The predicted molar refractivity (Wildman–Crippen MR) is 70.9 cm³/mol. The fourth-order valence-electron chi connectivity index (χ4n) is 1.18. The molecule has 1 aromatic rings. The van der Waals surface area contributed by atoms with Crippen LogP contribution < -0.4 is 5.11 Å². The van der Waals surface area contributed by atoms with E-state index in [1.807, 2.05) is 6.07 Å². The molecule has 16 heavy (non-hydrogen) atoms. The normalized spacial score (nSPS) is 9.62. The molecule has 1 aromatic carbocycles. The van der Waals surface area contributed by atoms with Crippen molar-refractivity contribution >= 4 is 15.2 Å². The minimum atomic E-state index is 0.0718. The first kappa shape index (κ1) is 15.6. The molecule has 2 heteroatoms. The Morgan fingerprint density at radius 1 is 0.938 bits per heavy atom. The van der Waals surface area contributed by atoms with Crippen LogP contribution in [0.5, 0.6) is 5.75 Å². The summed E-state index contributed by atoms with van der Waals surface area (Å²) in [5.74, 6) is 1.93. The van der Waals surface area contributed by atoms with Crippen molar-refractivity contribution in [1.29, 1.82) is 0 Å². The number of hydrogen-bond acceptors (Lipinski definition) is 1. The molecular weight excluding hydrogens is 211 g/mol. The van der Waals surface area contributed by atoms with Gasteiger partial charge in [0.1, 0.15) is 0 Å². The van der Waals surface area contributed by atoms with Gasteiger partial charge in [0.25, 0.3) is 0 Å². The molecule has 0 spiro atoms. The summed E-state index contributed by atoms with van der Waals surface area (Å²) in [5.41, 5.74) is 0. The van der Waals surface area contributed by atoms with E-state index in [0.717, 1.165) is 27.1 Å². The first-order valence-corrected chi connectivity index (χ1v) is 7.69. The van der Waals surface area contributed by atoms with Crippen LogP contribution in [0.2, 0.25) is 10.6 Å². The van der Waals surface area contributed by atoms with E-state index in [2.05, 4.69) is 27.7 Å². The van der Waals surface area contributed by atoms with Crippen molar-refractivity contribution in [2.75, 3.05) is 0 Å². The molecule has 0 saturated carbocycles. The molecule has 0 N–H and O–H groups in total. The van der Waals surface area contributed by atoms with E-state index in [0.29, 0.717) is 0 Å². The summed E-state index contributed by atoms with van der Waals surface area (Å²) >= 11 is 0.755. The predicted octanol–water partition coefficient (Wildman–Crippen LogP) is 3.60. The minimum absolute atomic E-state index is 0.0718. The molecule has 1 rings (SSSR count). The van der Waals surface area contributed by atoms with E-state index in [1.54, 1.807) is 12.1 Å². The molecule has 1 nitrogen and oxygen atoms in total. The molecular formula is C14H23AlO. The monoisotopic (exact) mass is 234 g/mol. The van der Waals surface area contributed by atoms with Crippen LogP contribution in [0.1, 0.15) is 27.7 Å². The third-order valence-corrected chi connectivity index (χ3v) is 4.57. The zero-order valence-corrected chi connectivity index (χ0v) is 12.1. The Labute approximate surface area is 107 Å². The van der Waals surface area contributed by atoms with Crippen molar-refractivity contribution in [1.82, 2.24) is 0 Å². The molecule has 0 fully saturated rings. The molecule has 0 heterocycles. The summed E-state index contributed by atoms with van der Waals surface area (Å²) in [6.07, 6.45) is 0. The topological polar surface area (TPSA) is 23.1 Å². The maximum atomic E-state index is 10.3. The average molecular weight is 234 g/mol. The van der Waals surface area contributed by atoms with Gasteiger partial charge >= 0.3 is 65.3 Å². The third-order valence-electron chi connectivity index (χ3n) is 2.02. The van der Waals surface area contributed by atoms with Gasteiger partial charge < -0.3 is 5.11 Å². The second-order valence-corrected chi connectivity index (χ2v) is 6.38. The van der Waals surface area contributed by atoms with Crippen LogP contribution >= 0.6 is 0 Å². The van der Waals surface area contributed by atoms with Gasteiger partial charge in [-0.1, -0.05) is 30.3 Å². The third kappa shape index (κ3) is 11.6. The summed E-state index contributed by atoms with van der Waals surface area (Å²) in [4.78, 5) is 0. The van der Waals surface area contributed by atoms with Gasteiger partial charge in [0, 0.05) is 0 Å². The van der Waals surface area contributed by atoms with Crippen LogP contribution in [-0.2, 0) is 0 Å². The maximum absolute atomic E-state index is 10.3. The van der Waals surface area contributed by atoms with E-state index in [1.165, 1.54) is 22.7 Å². The molecule has 0 radical (unpaired) electrons. The van der Waals surface area contributed by atoms with Crippen molar-refractivity contribution in [2.45, 2.75) is 38.3 Å². The smallest absolute Gasteiger partial charge is 0.0623 e. The first-order valence-electron chi connectivity index (χ1n) is 6.06. The largest absolute Gasteiger partial charge is 0.872 e. The average Bonchev–Trinajstić information content (AvgIpc) is 2.18. The van der Waals surface area contributed by atoms with Crippen molar-refractivity contribution in [3.8, 4) is 5.75 Å². The van der Waals surface area contributed by atoms with Crippen molar-refractivity contribution in [2.24, 2.45) is 11.8 Å². The van der Waals surface area contributed by atoms with Crippen molar-refractivity contribution < 1.29 is 5.11 Å². The molecule has 0 aliphatic heterocycles. The molecule has 0 aliphatic carbocycles. The second-order valence-electron chi connectivity index (χ2n) is 4.86. The summed E-state index contributed by atoms with van der Waals surface area (Å²) in [6.45, 7) is 9.25. The molecule has 88 valence electrons. The quantitative estimate of drug-likeness (QED) is 0.730. The van der Waals surface area contributed by atoms with Crippen molar-refractivity contribution in [3.05, 3.63) is 30.3 Å². The van der Waals surface area contributed by atoms with Crippen LogP contribution in [0, 0.1) is 11.8 Å². The molecule has 0 saturated heterocycles. The Morgan fingerprint density at radius 2 is 1.38 bits per heavy atom. The molecule has 0 bridgehead atoms. The standard InChI is InChI=1S/C6H6O.2C4H9.Al/c7-6-4-2-1-3-5-6;2*1-4(2)3;/h1-5,7H;2*4H,1H2,2-3H3;/q;;;+1/p-1. The Morgan fingerprint density at radius 3 is 1.62 bits per heavy atom. The van der Waals surface area contributed by atoms with Crippen LogP contribution in [0.15, 0.2) is 30.3 Å². The van der Waals surface area contributed by atoms with E-state index in [-0.39, 0.29) is 5.75 Å². The van der Waals surface area contributed by atoms with Crippen LogP contribution in [0.4, 0.5) is 0 Å². The van der Waals surface area contributed by atoms with Crippen molar-refractivity contribution in [3.63, 3.8) is 0 Å². The van der Waals surface area contributed by atoms with Crippen LogP contribution in [-0.4, -0.2) is 15.2 Å². The van der Waals surface area contributed by atoms with Crippen LogP contribution in [0.25, 0.3) is 0 Å². The van der Waals surface area contributed by atoms with Gasteiger partial charge in [-0.05, 0) is 0 Å². The molecule has 0 aliphatic rings. The molecule has 0 unspecified atom stereocenters. The fraction of sp³-hybridized carbons (Fsp3) is 0.571.